The molecule has 0 atom stereocenters. The molecule has 5 nitrogen and oxygen atoms in total. The SMILES string of the molecule is CN(CC(=O)Nc1ccccc1)C(=O)CCN. The summed E-state index contributed by atoms with van der Waals surface area (Å²) in [5.74, 6) is -0.347. The maximum Gasteiger partial charge on any atom is 0.243 e. The number of hydrogen-bond acceptors (Lipinski definition) is 3. The van der Waals surface area contributed by atoms with Gasteiger partial charge in [-0.3, -0.25) is 9.59 Å². The van der Waals surface area contributed by atoms with Crippen LogP contribution in [-0.4, -0.2) is 36.9 Å². The van der Waals surface area contributed by atoms with Gasteiger partial charge in [0.1, 0.15) is 0 Å². The fraction of sp³-hybridized carbons (Fsp3) is 0.333. The van der Waals surface area contributed by atoms with Crippen molar-refractivity contribution in [2.45, 2.75) is 6.42 Å². The van der Waals surface area contributed by atoms with E-state index in [1.165, 1.54) is 4.90 Å². The van der Waals surface area contributed by atoms with Crippen LogP contribution in [0.1, 0.15) is 6.42 Å². The lowest BCUT2D eigenvalue weighted by molar-refractivity contribution is -0.133. The van der Waals surface area contributed by atoms with Gasteiger partial charge in [0.05, 0.1) is 6.54 Å². The molecule has 0 saturated carbocycles. The second kappa shape index (κ2) is 6.65. The molecule has 1 aromatic rings. The molecule has 2 amide bonds. The molecular weight excluding hydrogens is 218 g/mol. The van der Waals surface area contributed by atoms with Gasteiger partial charge >= 0.3 is 0 Å². The second-order valence-electron chi connectivity index (χ2n) is 3.70. The molecule has 5 heteroatoms. The van der Waals surface area contributed by atoms with Crippen LogP contribution < -0.4 is 11.1 Å². The van der Waals surface area contributed by atoms with E-state index in [2.05, 4.69) is 5.32 Å². The summed E-state index contributed by atoms with van der Waals surface area (Å²) in [4.78, 5) is 24.4. The first kappa shape index (κ1) is 13.2. The third-order valence-corrected chi connectivity index (χ3v) is 2.22. The summed E-state index contributed by atoms with van der Waals surface area (Å²) in [6, 6.07) is 9.11. The zero-order valence-corrected chi connectivity index (χ0v) is 9.85. The fourth-order valence-electron chi connectivity index (χ4n) is 1.34. The van der Waals surface area contributed by atoms with Crippen molar-refractivity contribution in [1.82, 2.24) is 4.90 Å². The monoisotopic (exact) mass is 235 g/mol. The van der Waals surface area contributed by atoms with Crippen LogP contribution in [0, 0.1) is 0 Å². The maximum atomic E-state index is 11.6. The van der Waals surface area contributed by atoms with Crippen LogP contribution in [0.2, 0.25) is 0 Å². The number of nitrogens with one attached hydrogen (secondary N) is 1. The zero-order chi connectivity index (χ0) is 12.7. The van der Waals surface area contributed by atoms with Crippen LogP contribution >= 0.6 is 0 Å². The molecule has 3 N–H and O–H groups in total. The van der Waals surface area contributed by atoms with Crippen molar-refractivity contribution in [3.63, 3.8) is 0 Å². The lowest BCUT2D eigenvalue weighted by Gasteiger charge is -2.16. The van der Waals surface area contributed by atoms with Gasteiger partial charge in [-0.05, 0) is 12.1 Å². The predicted molar refractivity (Wildman–Crippen MR) is 66.4 cm³/mol. The molecular formula is C12H17N3O2. The summed E-state index contributed by atoms with van der Waals surface area (Å²) in [6.07, 6.45) is 0.259. The number of carbonyl (C=O) groups excluding carboxylic acids is 2. The molecule has 0 aliphatic heterocycles. The van der Waals surface area contributed by atoms with E-state index < -0.39 is 0 Å². The lowest BCUT2D eigenvalue weighted by Crippen LogP contribution is -2.35. The number of hydrogen-bond donors (Lipinski definition) is 2. The van der Waals surface area contributed by atoms with Gasteiger partial charge in [0, 0.05) is 25.7 Å². The average Bonchev–Trinajstić information content (AvgIpc) is 2.30. The molecule has 0 spiro atoms. The smallest absolute Gasteiger partial charge is 0.243 e. The van der Waals surface area contributed by atoms with E-state index in [1.807, 2.05) is 18.2 Å². The second-order valence-corrected chi connectivity index (χ2v) is 3.70. The third kappa shape index (κ3) is 4.65. The first-order valence-electron chi connectivity index (χ1n) is 5.42. The quantitative estimate of drug-likeness (QED) is 0.777. The number of anilines is 1. The Morgan fingerprint density at radius 3 is 2.53 bits per heavy atom. The van der Waals surface area contributed by atoms with Crippen LogP contribution in [0.3, 0.4) is 0 Å². The number of likely N-dealkylation sites (N-methyl/N-ethyl adjacent to an activating group) is 1. The molecule has 0 fully saturated rings. The Balaban J connectivity index is 2.42. The molecule has 17 heavy (non-hydrogen) atoms. The summed E-state index contributed by atoms with van der Waals surface area (Å²) >= 11 is 0. The van der Waals surface area contributed by atoms with Gasteiger partial charge < -0.3 is 16.0 Å². The van der Waals surface area contributed by atoms with Crippen molar-refractivity contribution in [3.05, 3.63) is 30.3 Å². The summed E-state index contributed by atoms with van der Waals surface area (Å²) in [5, 5.41) is 2.71. The number of para-hydroxylation sites is 1. The first-order valence-corrected chi connectivity index (χ1v) is 5.42. The number of amides is 2. The van der Waals surface area contributed by atoms with E-state index in [0.717, 1.165) is 5.69 Å². The Hall–Kier alpha value is -1.88. The van der Waals surface area contributed by atoms with Crippen molar-refractivity contribution in [1.29, 1.82) is 0 Å². The molecule has 1 rings (SSSR count). The number of nitrogens with zero attached hydrogens (tertiary/aromatic N) is 1. The van der Waals surface area contributed by atoms with Gasteiger partial charge in [0.2, 0.25) is 11.8 Å². The molecule has 1 aromatic carbocycles. The average molecular weight is 235 g/mol. The van der Waals surface area contributed by atoms with Crippen LogP contribution in [0.25, 0.3) is 0 Å². The van der Waals surface area contributed by atoms with Gasteiger partial charge in [-0.15, -0.1) is 0 Å². The van der Waals surface area contributed by atoms with Gasteiger partial charge in [-0.2, -0.15) is 0 Å². The minimum atomic E-state index is -0.218. The van der Waals surface area contributed by atoms with E-state index in [0.29, 0.717) is 6.54 Å². The Labute approximate surface area is 101 Å². The summed E-state index contributed by atoms with van der Waals surface area (Å²) in [5.41, 5.74) is 5.99. The molecule has 0 saturated heterocycles. The van der Waals surface area contributed by atoms with E-state index >= 15 is 0 Å². The highest BCUT2D eigenvalue weighted by molar-refractivity contribution is 5.94. The minimum absolute atomic E-state index is 0.0354. The van der Waals surface area contributed by atoms with Crippen LogP contribution in [-0.2, 0) is 9.59 Å². The Morgan fingerprint density at radius 2 is 1.94 bits per heavy atom. The van der Waals surface area contributed by atoms with Crippen LogP contribution in [0.4, 0.5) is 5.69 Å². The van der Waals surface area contributed by atoms with Crippen LogP contribution in [0.5, 0.6) is 0 Å². The van der Waals surface area contributed by atoms with Gasteiger partial charge in [-0.1, -0.05) is 18.2 Å². The van der Waals surface area contributed by atoms with Crippen molar-refractivity contribution in [3.8, 4) is 0 Å². The lowest BCUT2D eigenvalue weighted by atomic mass is 10.3. The number of benzene rings is 1. The number of carbonyl (C=O) groups is 2. The predicted octanol–water partition coefficient (Wildman–Crippen LogP) is 0.432. The topological polar surface area (TPSA) is 75.4 Å². The van der Waals surface area contributed by atoms with Gasteiger partial charge in [-0.25, -0.2) is 0 Å². The highest BCUT2D eigenvalue weighted by Crippen LogP contribution is 2.04. The zero-order valence-electron chi connectivity index (χ0n) is 9.85. The summed E-state index contributed by atoms with van der Waals surface area (Å²) in [6.45, 7) is 0.331. The van der Waals surface area contributed by atoms with Crippen molar-refractivity contribution < 1.29 is 9.59 Å². The van der Waals surface area contributed by atoms with Crippen molar-refractivity contribution in [2.75, 3.05) is 25.5 Å². The third-order valence-electron chi connectivity index (χ3n) is 2.22. The molecule has 0 aliphatic carbocycles. The minimum Gasteiger partial charge on any atom is -0.336 e. The molecule has 0 aliphatic rings. The summed E-state index contributed by atoms with van der Waals surface area (Å²) in [7, 11) is 1.59. The van der Waals surface area contributed by atoms with Gasteiger partial charge in [0.15, 0.2) is 0 Å². The standard InChI is InChI=1S/C12H17N3O2/c1-15(12(17)7-8-13)9-11(16)14-10-5-3-2-4-6-10/h2-6H,7-9,13H2,1H3,(H,14,16). The van der Waals surface area contributed by atoms with Crippen molar-refractivity contribution in [2.24, 2.45) is 5.73 Å². The van der Waals surface area contributed by atoms with Gasteiger partial charge in [0.25, 0.3) is 0 Å². The molecule has 0 unspecified atom stereocenters. The van der Waals surface area contributed by atoms with E-state index in [9.17, 15) is 9.59 Å². The highest BCUT2D eigenvalue weighted by Gasteiger charge is 2.11. The number of rotatable bonds is 5. The number of nitrogens with two attached hydrogens (primary N) is 1. The fourth-order valence-corrected chi connectivity index (χ4v) is 1.34. The van der Waals surface area contributed by atoms with E-state index in [-0.39, 0.29) is 24.8 Å². The highest BCUT2D eigenvalue weighted by atomic mass is 16.2. The Bertz CT molecular complexity index is 379. The Morgan fingerprint density at radius 1 is 1.29 bits per heavy atom. The van der Waals surface area contributed by atoms with E-state index in [1.54, 1.807) is 19.2 Å². The summed E-state index contributed by atoms with van der Waals surface area (Å²) < 4.78 is 0. The molecule has 0 aromatic heterocycles. The first-order chi connectivity index (χ1) is 8.13. The molecule has 0 bridgehead atoms. The molecule has 92 valence electrons. The van der Waals surface area contributed by atoms with Crippen molar-refractivity contribution >= 4 is 17.5 Å². The Kier molecular flexibility index (Phi) is 5.16. The van der Waals surface area contributed by atoms with E-state index in [4.69, 9.17) is 5.73 Å². The normalized spacial score (nSPS) is 9.76. The largest absolute Gasteiger partial charge is 0.336 e. The molecule has 0 heterocycles. The van der Waals surface area contributed by atoms with Crippen LogP contribution in [0.15, 0.2) is 30.3 Å². The maximum absolute atomic E-state index is 11.6. The molecule has 0 radical (unpaired) electrons.